The molecule has 4 aromatic rings. The summed E-state index contributed by atoms with van der Waals surface area (Å²) in [5, 5.41) is 8.31. The van der Waals surface area contributed by atoms with E-state index in [1.54, 1.807) is 60.7 Å². The second-order valence-corrected chi connectivity index (χ2v) is 6.56. The van der Waals surface area contributed by atoms with Gasteiger partial charge in [-0.1, -0.05) is 35.9 Å². The van der Waals surface area contributed by atoms with E-state index >= 15 is 0 Å². The SMILES string of the molecule is COc1cccc(-n2nc(C(=O)Nc3ccc(Cl)cn3)c3ccccc3c2=O)c1. The average molecular weight is 407 g/mol. The summed E-state index contributed by atoms with van der Waals surface area (Å²) < 4.78 is 6.42. The molecule has 0 aliphatic rings. The van der Waals surface area contributed by atoms with Crippen molar-refractivity contribution in [3.05, 3.63) is 87.9 Å². The van der Waals surface area contributed by atoms with Gasteiger partial charge in [-0.25, -0.2) is 4.98 Å². The van der Waals surface area contributed by atoms with Gasteiger partial charge in [0.1, 0.15) is 11.6 Å². The summed E-state index contributed by atoms with van der Waals surface area (Å²) in [6.07, 6.45) is 1.43. The molecule has 1 N–H and O–H groups in total. The first-order valence-corrected chi connectivity index (χ1v) is 9.04. The minimum atomic E-state index is -0.493. The van der Waals surface area contributed by atoms with Crippen LogP contribution in [0, 0.1) is 0 Å². The molecule has 0 bridgehead atoms. The number of anilines is 1. The van der Waals surface area contributed by atoms with Crippen LogP contribution in [-0.4, -0.2) is 27.8 Å². The van der Waals surface area contributed by atoms with Crippen molar-refractivity contribution in [3.8, 4) is 11.4 Å². The standard InChI is InChI=1S/C21H15ClN4O3/c1-29-15-6-4-5-14(11-15)26-21(28)17-8-3-2-7-16(17)19(25-26)20(27)24-18-10-9-13(22)12-23-18/h2-12H,1H3,(H,23,24,27). The Labute approximate surface area is 170 Å². The van der Waals surface area contributed by atoms with Crippen molar-refractivity contribution in [1.82, 2.24) is 14.8 Å². The molecular weight excluding hydrogens is 392 g/mol. The number of fused-ring (bicyclic) bond motifs is 1. The minimum Gasteiger partial charge on any atom is -0.497 e. The lowest BCUT2D eigenvalue weighted by atomic mass is 10.1. The van der Waals surface area contributed by atoms with E-state index in [2.05, 4.69) is 15.4 Å². The topological polar surface area (TPSA) is 86.1 Å². The van der Waals surface area contributed by atoms with Gasteiger partial charge in [0.25, 0.3) is 11.5 Å². The summed E-state index contributed by atoms with van der Waals surface area (Å²) in [7, 11) is 1.54. The fourth-order valence-corrected chi connectivity index (χ4v) is 3.01. The van der Waals surface area contributed by atoms with Gasteiger partial charge < -0.3 is 10.1 Å². The van der Waals surface area contributed by atoms with Crippen LogP contribution in [0.15, 0.2) is 71.7 Å². The molecule has 0 radical (unpaired) electrons. The van der Waals surface area contributed by atoms with Gasteiger partial charge in [-0.2, -0.15) is 9.78 Å². The number of nitrogens with zero attached hydrogens (tertiary/aromatic N) is 3. The van der Waals surface area contributed by atoms with Crippen molar-refractivity contribution < 1.29 is 9.53 Å². The number of methoxy groups -OCH3 is 1. The zero-order chi connectivity index (χ0) is 20.4. The normalized spacial score (nSPS) is 10.7. The lowest BCUT2D eigenvalue weighted by Gasteiger charge is -2.12. The molecule has 0 saturated carbocycles. The van der Waals surface area contributed by atoms with E-state index in [1.807, 2.05) is 0 Å². The van der Waals surface area contributed by atoms with Gasteiger partial charge in [0.2, 0.25) is 0 Å². The van der Waals surface area contributed by atoms with E-state index in [9.17, 15) is 9.59 Å². The van der Waals surface area contributed by atoms with E-state index < -0.39 is 5.91 Å². The Balaban J connectivity index is 1.86. The second kappa shape index (κ2) is 7.73. The number of rotatable bonds is 4. The summed E-state index contributed by atoms with van der Waals surface area (Å²) in [5.41, 5.74) is 0.244. The van der Waals surface area contributed by atoms with Crippen LogP contribution in [0.2, 0.25) is 5.02 Å². The van der Waals surface area contributed by atoms with Crippen LogP contribution in [-0.2, 0) is 0 Å². The summed E-state index contributed by atoms with van der Waals surface area (Å²) in [6, 6.07) is 16.9. The second-order valence-electron chi connectivity index (χ2n) is 6.13. The summed E-state index contributed by atoms with van der Waals surface area (Å²) in [4.78, 5) is 30.0. The fraction of sp³-hybridized carbons (Fsp3) is 0.0476. The van der Waals surface area contributed by atoms with Crippen LogP contribution in [0.4, 0.5) is 5.82 Å². The first kappa shape index (κ1) is 18.6. The molecule has 8 heteroatoms. The molecule has 2 aromatic carbocycles. The lowest BCUT2D eigenvalue weighted by Crippen LogP contribution is -2.26. The van der Waals surface area contributed by atoms with Crippen molar-refractivity contribution in [3.63, 3.8) is 0 Å². The largest absolute Gasteiger partial charge is 0.497 e. The molecular formula is C21H15ClN4O3. The molecule has 7 nitrogen and oxygen atoms in total. The molecule has 0 aliphatic carbocycles. The highest BCUT2D eigenvalue weighted by Crippen LogP contribution is 2.19. The van der Waals surface area contributed by atoms with Crippen LogP contribution in [0.25, 0.3) is 16.5 Å². The zero-order valence-electron chi connectivity index (χ0n) is 15.3. The van der Waals surface area contributed by atoms with Crippen LogP contribution in [0.3, 0.4) is 0 Å². The smallest absolute Gasteiger partial charge is 0.279 e. The number of carbonyl (C=O) groups is 1. The number of hydrogen-bond donors (Lipinski definition) is 1. The number of aromatic nitrogens is 3. The highest BCUT2D eigenvalue weighted by molar-refractivity contribution is 6.30. The Bertz CT molecular complexity index is 1270. The number of hydrogen-bond acceptors (Lipinski definition) is 5. The van der Waals surface area contributed by atoms with Crippen molar-refractivity contribution >= 4 is 34.1 Å². The van der Waals surface area contributed by atoms with Crippen LogP contribution >= 0.6 is 11.6 Å². The predicted molar refractivity (Wildman–Crippen MR) is 111 cm³/mol. The minimum absolute atomic E-state index is 0.0970. The molecule has 0 aliphatic heterocycles. The number of ether oxygens (including phenoxy) is 1. The van der Waals surface area contributed by atoms with E-state index in [0.717, 1.165) is 0 Å². The van der Waals surface area contributed by atoms with Crippen LogP contribution < -0.4 is 15.6 Å². The van der Waals surface area contributed by atoms with Crippen molar-refractivity contribution in [1.29, 1.82) is 0 Å². The molecule has 4 rings (SSSR count). The van der Waals surface area contributed by atoms with E-state index in [-0.39, 0.29) is 11.3 Å². The third-order valence-electron chi connectivity index (χ3n) is 4.29. The first-order valence-electron chi connectivity index (χ1n) is 8.66. The molecule has 0 spiro atoms. The van der Waals surface area contributed by atoms with Gasteiger partial charge in [0, 0.05) is 17.6 Å². The number of halogens is 1. The van der Waals surface area contributed by atoms with Crippen molar-refractivity contribution in [2.75, 3.05) is 12.4 Å². The monoisotopic (exact) mass is 406 g/mol. The number of carbonyl (C=O) groups excluding carboxylic acids is 1. The van der Waals surface area contributed by atoms with E-state index in [0.29, 0.717) is 33.0 Å². The van der Waals surface area contributed by atoms with Crippen LogP contribution in [0.1, 0.15) is 10.5 Å². The Morgan fingerprint density at radius 3 is 2.59 bits per heavy atom. The van der Waals surface area contributed by atoms with E-state index in [1.165, 1.54) is 18.0 Å². The summed E-state index contributed by atoms with van der Waals surface area (Å²) in [6.45, 7) is 0. The molecule has 2 aromatic heterocycles. The summed E-state index contributed by atoms with van der Waals surface area (Å²) in [5.74, 6) is 0.401. The van der Waals surface area contributed by atoms with Gasteiger partial charge in [-0.05, 0) is 30.3 Å². The van der Waals surface area contributed by atoms with Crippen molar-refractivity contribution in [2.24, 2.45) is 0 Å². The quantitative estimate of drug-likeness (QED) is 0.558. The van der Waals surface area contributed by atoms with Gasteiger partial charge >= 0.3 is 0 Å². The molecule has 144 valence electrons. The molecule has 0 atom stereocenters. The maximum atomic E-state index is 13.0. The predicted octanol–water partition coefficient (Wildman–Crippen LogP) is 3.70. The number of amides is 1. The zero-order valence-corrected chi connectivity index (χ0v) is 16.1. The van der Waals surface area contributed by atoms with Crippen LogP contribution in [0.5, 0.6) is 5.75 Å². The van der Waals surface area contributed by atoms with Crippen molar-refractivity contribution in [2.45, 2.75) is 0 Å². The molecule has 2 heterocycles. The first-order chi connectivity index (χ1) is 14.1. The van der Waals surface area contributed by atoms with Gasteiger partial charge in [0.05, 0.1) is 23.2 Å². The molecule has 0 saturated heterocycles. The average Bonchev–Trinajstić information content (AvgIpc) is 2.76. The fourth-order valence-electron chi connectivity index (χ4n) is 2.90. The Morgan fingerprint density at radius 2 is 1.86 bits per heavy atom. The molecule has 0 unspecified atom stereocenters. The van der Waals surface area contributed by atoms with E-state index in [4.69, 9.17) is 16.3 Å². The lowest BCUT2D eigenvalue weighted by molar-refractivity contribution is 0.102. The van der Waals surface area contributed by atoms with Gasteiger partial charge in [-0.15, -0.1) is 0 Å². The third kappa shape index (κ3) is 3.68. The maximum absolute atomic E-state index is 13.0. The highest BCUT2D eigenvalue weighted by Gasteiger charge is 2.18. The highest BCUT2D eigenvalue weighted by atomic mass is 35.5. The van der Waals surface area contributed by atoms with Gasteiger partial charge in [-0.3, -0.25) is 9.59 Å². The number of benzene rings is 2. The molecule has 29 heavy (non-hydrogen) atoms. The maximum Gasteiger partial charge on any atom is 0.279 e. The Hall–Kier alpha value is -3.71. The molecule has 0 fully saturated rings. The summed E-state index contributed by atoms with van der Waals surface area (Å²) >= 11 is 5.84. The number of pyridine rings is 1. The Kier molecular flexibility index (Phi) is 4.97. The third-order valence-corrected chi connectivity index (χ3v) is 4.51. The Morgan fingerprint density at radius 1 is 1.07 bits per heavy atom. The van der Waals surface area contributed by atoms with Gasteiger partial charge in [0.15, 0.2) is 5.69 Å². The molecule has 1 amide bonds. The number of nitrogens with one attached hydrogen (secondary N) is 1.